The molecule has 0 aromatic heterocycles. The van der Waals surface area contributed by atoms with E-state index >= 15 is 0 Å². The number of hydrogen-bond acceptors (Lipinski definition) is 2. The molecule has 2 heteroatoms. The first kappa shape index (κ1) is 13.9. The minimum absolute atomic E-state index is 0.248. The molecule has 0 aliphatic heterocycles. The monoisotopic (exact) mass is 200 g/mol. The lowest BCUT2D eigenvalue weighted by molar-refractivity contribution is 0.137. The Morgan fingerprint density at radius 1 is 1.14 bits per heavy atom. The molecule has 0 rings (SSSR count). The third-order valence-corrected chi connectivity index (χ3v) is 3.65. The van der Waals surface area contributed by atoms with Crippen molar-refractivity contribution in [2.45, 2.75) is 58.5 Å². The summed E-state index contributed by atoms with van der Waals surface area (Å²) in [5, 5.41) is 3.34. The van der Waals surface area contributed by atoms with Crippen LogP contribution in [0.3, 0.4) is 0 Å². The molecule has 0 atom stereocenters. The van der Waals surface area contributed by atoms with Gasteiger partial charge in [-0.15, -0.1) is 0 Å². The summed E-state index contributed by atoms with van der Waals surface area (Å²) in [6.07, 6.45) is 2.38. The van der Waals surface area contributed by atoms with E-state index in [-0.39, 0.29) is 5.54 Å². The summed E-state index contributed by atoms with van der Waals surface area (Å²) >= 11 is 0. The summed E-state index contributed by atoms with van der Waals surface area (Å²) in [7, 11) is 4.25. The SMILES string of the molecule is CCC(C)(C)N(C)CCC(C)(C)NC. The molecule has 0 bridgehead atoms. The number of nitrogens with one attached hydrogen (secondary N) is 1. The standard InChI is InChI=1S/C12H28N2/c1-8-12(4,5)14(7)10-9-11(2,3)13-6/h13H,8-10H2,1-7H3. The van der Waals surface area contributed by atoms with Crippen molar-refractivity contribution in [3.05, 3.63) is 0 Å². The lowest BCUT2D eigenvalue weighted by atomic mass is 9.96. The molecule has 0 aromatic carbocycles. The number of hydrogen-bond donors (Lipinski definition) is 1. The summed E-state index contributed by atoms with van der Waals surface area (Å²) < 4.78 is 0. The number of rotatable bonds is 6. The number of nitrogens with zero attached hydrogens (tertiary/aromatic N) is 1. The first-order valence-electron chi connectivity index (χ1n) is 5.65. The van der Waals surface area contributed by atoms with Gasteiger partial charge in [0.1, 0.15) is 0 Å². The molecule has 0 unspecified atom stereocenters. The highest BCUT2D eigenvalue weighted by atomic mass is 15.2. The van der Waals surface area contributed by atoms with Gasteiger partial charge in [-0.25, -0.2) is 0 Å². The zero-order chi connectivity index (χ0) is 11.4. The quantitative estimate of drug-likeness (QED) is 0.708. The lowest BCUT2D eigenvalue weighted by Gasteiger charge is -2.37. The van der Waals surface area contributed by atoms with Crippen LogP contribution in [0.2, 0.25) is 0 Å². The topological polar surface area (TPSA) is 15.3 Å². The van der Waals surface area contributed by atoms with E-state index in [9.17, 15) is 0 Å². The Hall–Kier alpha value is -0.0800. The zero-order valence-corrected chi connectivity index (χ0v) is 11.1. The minimum atomic E-state index is 0.248. The van der Waals surface area contributed by atoms with Gasteiger partial charge in [0, 0.05) is 17.6 Å². The van der Waals surface area contributed by atoms with E-state index in [0.29, 0.717) is 5.54 Å². The molecule has 2 nitrogen and oxygen atoms in total. The van der Waals surface area contributed by atoms with Gasteiger partial charge in [-0.05, 0) is 54.6 Å². The van der Waals surface area contributed by atoms with E-state index < -0.39 is 0 Å². The van der Waals surface area contributed by atoms with Crippen LogP contribution in [0.1, 0.15) is 47.5 Å². The Morgan fingerprint density at radius 2 is 1.64 bits per heavy atom. The second kappa shape index (κ2) is 5.13. The molecular weight excluding hydrogens is 172 g/mol. The van der Waals surface area contributed by atoms with Gasteiger partial charge in [-0.3, -0.25) is 0 Å². The largest absolute Gasteiger partial charge is 0.315 e. The Kier molecular flexibility index (Phi) is 5.10. The second-order valence-corrected chi connectivity index (χ2v) is 5.47. The van der Waals surface area contributed by atoms with Crippen LogP contribution in [0.5, 0.6) is 0 Å². The molecule has 0 radical (unpaired) electrons. The second-order valence-electron chi connectivity index (χ2n) is 5.47. The summed E-state index contributed by atoms with van der Waals surface area (Å²) in [5.74, 6) is 0. The van der Waals surface area contributed by atoms with Gasteiger partial charge in [0.15, 0.2) is 0 Å². The van der Waals surface area contributed by atoms with Crippen molar-refractivity contribution < 1.29 is 0 Å². The summed E-state index contributed by atoms with van der Waals surface area (Å²) in [4.78, 5) is 2.45. The molecule has 0 aromatic rings. The lowest BCUT2D eigenvalue weighted by Crippen LogP contribution is -2.45. The molecule has 0 saturated carbocycles. The Bertz CT molecular complexity index is 162. The van der Waals surface area contributed by atoms with Crippen LogP contribution in [0.15, 0.2) is 0 Å². The zero-order valence-electron chi connectivity index (χ0n) is 11.1. The van der Waals surface area contributed by atoms with Gasteiger partial charge in [0.05, 0.1) is 0 Å². The Balaban J connectivity index is 4.02. The average Bonchev–Trinajstić information content (AvgIpc) is 2.14. The van der Waals surface area contributed by atoms with Crippen molar-refractivity contribution in [2.24, 2.45) is 0 Å². The fourth-order valence-electron chi connectivity index (χ4n) is 1.14. The molecule has 14 heavy (non-hydrogen) atoms. The van der Waals surface area contributed by atoms with Crippen LogP contribution in [0.25, 0.3) is 0 Å². The molecule has 0 aliphatic carbocycles. The maximum Gasteiger partial charge on any atom is 0.0147 e. The molecule has 0 spiro atoms. The molecule has 86 valence electrons. The van der Waals surface area contributed by atoms with Crippen molar-refractivity contribution in [2.75, 3.05) is 20.6 Å². The first-order chi connectivity index (χ1) is 6.25. The van der Waals surface area contributed by atoms with Crippen molar-refractivity contribution in [1.29, 1.82) is 0 Å². The van der Waals surface area contributed by atoms with Crippen LogP contribution >= 0.6 is 0 Å². The van der Waals surface area contributed by atoms with Gasteiger partial charge in [-0.1, -0.05) is 6.92 Å². The molecule has 1 N–H and O–H groups in total. The smallest absolute Gasteiger partial charge is 0.0147 e. The highest BCUT2D eigenvalue weighted by molar-refractivity contribution is 4.82. The van der Waals surface area contributed by atoms with E-state index in [0.717, 1.165) is 6.54 Å². The fraction of sp³-hybridized carbons (Fsp3) is 1.00. The van der Waals surface area contributed by atoms with Crippen molar-refractivity contribution in [3.8, 4) is 0 Å². The van der Waals surface area contributed by atoms with E-state index in [1.165, 1.54) is 12.8 Å². The maximum atomic E-state index is 3.34. The van der Waals surface area contributed by atoms with E-state index in [2.05, 4.69) is 51.9 Å². The Morgan fingerprint density at radius 3 is 2.00 bits per heavy atom. The summed E-state index contributed by atoms with van der Waals surface area (Å²) in [6.45, 7) is 12.5. The van der Waals surface area contributed by atoms with E-state index in [1.54, 1.807) is 0 Å². The van der Waals surface area contributed by atoms with Crippen LogP contribution in [0.4, 0.5) is 0 Å². The maximum absolute atomic E-state index is 3.34. The Labute approximate surface area is 90.1 Å². The van der Waals surface area contributed by atoms with Crippen molar-refractivity contribution in [3.63, 3.8) is 0 Å². The predicted octanol–water partition coefficient (Wildman–Crippen LogP) is 2.49. The van der Waals surface area contributed by atoms with Crippen LogP contribution in [0, 0.1) is 0 Å². The van der Waals surface area contributed by atoms with Gasteiger partial charge in [-0.2, -0.15) is 0 Å². The predicted molar refractivity (Wildman–Crippen MR) is 64.8 cm³/mol. The normalized spacial score (nSPS) is 13.7. The van der Waals surface area contributed by atoms with Crippen LogP contribution in [-0.4, -0.2) is 36.6 Å². The highest BCUT2D eigenvalue weighted by Gasteiger charge is 2.23. The summed E-state index contributed by atoms with van der Waals surface area (Å²) in [6, 6.07) is 0. The van der Waals surface area contributed by atoms with Gasteiger partial charge in [0.2, 0.25) is 0 Å². The van der Waals surface area contributed by atoms with Crippen LogP contribution < -0.4 is 5.32 Å². The molecular formula is C12H28N2. The molecule has 0 saturated heterocycles. The fourth-order valence-corrected chi connectivity index (χ4v) is 1.14. The van der Waals surface area contributed by atoms with Gasteiger partial charge in [0.25, 0.3) is 0 Å². The summed E-state index contributed by atoms with van der Waals surface area (Å²) in [5.41, 5.74) is 0.571. The molecule has 0 fully saturated rings. The van der Waals surface area contributed by atoms with E-state index in [1.807, 2.05) is 7.05 Å². The minimum Gasteiger partial charge on any atom is -0.315 e. The van der Waals surface area contributed by atoms with Crippen LogP contribution in [-0.2, 0) is 0 Å². The average molecular weight is 200 g/mol. The third kappa shape index (κ3) is 4.43. The van der Waals surface area contributed by atoms with Crippen molar-refractivity contribution >= 4 is 0 Å². The van der Waals surface area contributed by atoms with Crippen molar-refractivity contribution in [1.82, 2.24) is 10.2 Å². The molecule has 0 aliphatic rings. The first-order valence-corrected chi connectivity index (χ1v) is 5.65. The highest BCUT2D eigenvalue weighted by Crippen LogP contribution is 2.18. The van der Waals surface area contributed by atoms with Gasteiger partial charge >= 0.3 is 0 Å². The molecule has 0 heterocycles. The molecule has 0 amide bonds. The third-order valence-electron chi connectivity index (χ3n) is 3.65. The van der Waals surface area contributed by atoms with E-state index in [4.69, 9.17) is 0 Å². The van der Waals surface area contributed by atoms with Gasteiger partial charge < -0.3 is 10.2 Å².